The Morgan fingerprint density at radius 3 is 2.29 bits per heavy atom. The van der Waals surface area contributed by atoms with E-state index in [-0.39, 0.29) is 18.8 Å². The second-order valence-electron chi connectivity index (χ2n) is 4.44. The van der Waals surface area contributed by atoms with E-state index in [2.05, 4.69) is 20.4 Å². The molecule has 0 aromatic carbocycles. The Kier molecular flexibility index (Phi) is 7.07. The van der Waals surface area contributed by atoms with Crippen molar-refractivity contribution in [2.45, 2.75) is 40.3 Å². The van der Waals surface area contributed by atoms with Crippen LogP contribution in [0.15, 0.2) is 12.2 Å². The number of ether oxygens (including phenoxy) is 1. The smallest absolute Gasteiger partial charge is 0.337 e. The van der Waals surface area contributed by atoms with Gasteiger partial charge in [-0.2, -0.15) is 0 Å². The topological polar surface area (TPSA) is 46.5 Å². The van der Waals surface area contributed by atoms with Crippen molar-refractivity contribution in [1.82, 2.24) is 0 Å². The van der Waals surface area contributed by atoms with Gasteiger partial charge in [-0.25, -0.2) is 4.79 Å². The summed E-state index contributed by atoms with van der Waals surface area (Å²) in [6.07, 6.45) is 0.511. The number of esters is 1. The molecule has 1 N–H and O–H groups in total. The Morgan fingerprint density at radius 1 is 1.41 bits per heavy atom. The number of aliphatic hydroxyl groups excluding tert-OH is 1. The molecule has 0 rings (SSSR count). The van der Waals surface area contributed by atoms with Crippen molar-refractivity contribution >= 4 is 5.97 Å². The third-order valence-corrected chi connectivity index (χ3v) is 3.42. The summed E-state index contributed by atoms with van der Waals surface area (Å²) in [5.74, 6) is -0.342. The van der Waals surface area contributed by atoms with Gasteiger partial charge in [-0.15, -0.1) is 0 Å². The minimum absolute atomic E-state index is 0.168. The normalized spacial score (nSPS) is 13.2. The lowest BCUT2D eigenvalue weighted by molar-refractivity contribution is -0.964. The predicted octanol–water partition coefficient (Wildman–Crippen LogP) is 1.69. The van der Waals surface area contributed by atoms with Crippen molar-refractivity contribution in [2.75, 3.05) is 26.2 Å². The summed E-state index contributed by atoms with van der Waals surface area (Å²) in [6, 6.07) is 0. The molecule has 4 nitrogen and oxygen atoms in total. The van der Waals surface area contributed by atoms with Crippen LogP contribution in [0.1, 0.15) is 34.1 Å². The molecular formula is C13H26NO3+. The Balaban J connectivity index is 4.68. The molecule has 1 unspecified atom stereocenters. The summed E-state index contributed by atoms with van der Waals surface area (Å²) < 4.78 is 6.09. The van der Waals surface area contributed by atoms with Crippen molar-refractivity contribution in [1.29, 1.82) is 0 Å². The molecule has 0 aliphatic carbocycles. The first-order chi connectivity index (χ1) is 7.93. The first-order valence-corrected chi connectivity index (χ1v) is 6.26. The molecule has 1 atom stereocenters. The van der Waals surface area contributed by atoms with Crippen LogP contribution >= 0.6 is 0 Å². The van der Waals surface area contributed by atoms with Gasteiger partial charge in [0, 0.05) is 25.5 Å². The lowest BCUT2D eigenvalue weighted by atomic mass is 10.2. The summed E-state index contributed by atoms with van der Waals surface area (Å²) in [6.45, 7) is 14.0. The standard InChI is InChI=1S/C13H26NO3/c1-6-14(7-2,9-8-10-15)12(5)17-13(16)11(3)4/h12,15H,3,6-10H2,1-2,4-5H3/q+1. The molecule has 0 aromatic rings. The highest BCUT2D eigenvalue weighted by atomic mass is 16.6. The van der Waals surface area contributed by atoms with E-state index in [1.165, 1.54) is 0 Å². The molecule has 0 bridgehead atoms. The van der Waals surface area contributed by atoms with Gasteiger partial charge in [-0.3, -0.25) is 4.48 Å². The van der Waals surface area contributed by atoms with Crippen LogP contribution in [0.25, 0.3) is 0 Å². The maximum absolute atomic E-state index is 11.5. The van der Waals surface area contributed by atoms with Crippen LogP contribution in [0.4, 0.5) is 0 Å². The van der Waals surface area contributed by atoms with Gasteiger partial charge in [-0.1, -0.05) is 6.58 Å². The average Bonchev–Trinajstić information content (AvgIpc) is 2.31. The molecule has 17 heavy (non-hydrogen) atoms. The van der Waals surface area contributed by atoms with Crippen LogP contribution < -0.4 is 0 Å². The van der Waals surface area contributed by atoms with Crippen molar-refractivity contribution < 1.29 is 19.1 Å². The van der Waals surface area contributed by atoms with Crippen LogP contribution in [-0.2, 0) is 9.53 Å². The molecule has 0 amide bonds. The van der Waals surface area contributed by atoms with E-state index in [1.54, 1.807) is 6.92 Å². The maximum atomic E-state index is 11.5. The highest BCUT2D eigenvalue weighted by molar-refractivity contribution is 5.86. The average molecular weight is 244 g/mol. The van der Waals surface area contributed by atoms with E-state index in [4.69, 9.17) is 9.84 Å². The summed E-state index contributed by atoms with van der Waals surface area (Å²) in [5.41, 5.74) is 0.421. The summed E-state index contributed by atoms with van der Waals surface area (Å²) in [4.78, 5) is 11.5. The van der Waals surface area contributed by atoms with E-state index in [9.17, 15) is 4.79 Å². The molecule has 4 heteroatoms. The van der Waals surface area contributed by atoms with Gasteiger partial charge in [0.2, 0.25) is 6.23 Å². The molecule has 100 valence electrons. The van der Waals surface area contributed by atoms with Gasteiger partial charge in [0.1, 0.15) is 0 Å². The first kappa shape index (κ1) is 16.1. The first-order valence-electron chi connectivity index (χ1n) is 6.26. The van der Waals surface area contributed by atoms with Crippen LogP contribution in [0.2, 0.25) is 0 Å². The van der Waals surface area contributed by atoms with Crippen LogP contribution in [-0.4, -0.2) is 48.0 Å². The van der Waals surface area contributed by atoms with E-state index < -0.39 is 0 Å². The molecule has 0 fully saturated rings. The van der Waals surface area contributed by atoms with Crippen LogP contribution in [0.3, 0.4) is 0 Å². The van der Waals surface area contributed by atoms with Gasteiger partial charge < -0.3 is 9.84 Å². The van der Waals surface area contributed by atoms with E-state index >= 15 is 0 Å². The lowest BCUT2D eigenvalue weighted by Gasteiger charge is -2.41. The van der Waals surface area contributed by atoms with Crippen molar-refractivity contribution in [3.8, 4) is 0 Å². The summed E-state index contributed by atoms with van der Waals surface area (Å²) >= 11 is 0. The van der Waals surface area contributed by atoms with Gasteiger partial charge in [-0.05, 0) is 20.8 Å². The number of hydrogen-bond donors (Lipinski definition) is 1. The summed E-state index contributed by atoms with van der Waals surface area (Å²) in [7, 11) is 0. The highest BCUT2D eigenvalue weighted by Crippen LogP contribution is 2.16. The van der Waals surface area contributed by atoms with E-state index in [1.807, 2.05) is 6.92 Å². The molecule has 0 saturated heterocycles. The van der Waals surface area contributed by atoms with Crippen LogP contribution in [0.5, 0.6) is 0 Å². The zero-order valence-electron chi connectivity index (χ0n) is 11.5. The minimum atomic E-state index is -0.342. The number of rotatable bonds is 8. The zero-order valence-corrected chi connectivity index (χ0v) is 11.5. The molecule has 0 aliphatic rings. The van der Waals surface area contributed by atoms with Gasteiger partial charge >= 0.3 is 5.97 Å². The number of quaternary nitrogens is 1. The minimum Gasteiger partial charge on any atom is -0.409 e. The third-order valence-electron chi connectivity index (χ3n) is 3.42. The fraction of sp³-hybridized carbons (Fsp3) is 0.769. The number of hydrogen-bond acceptors (Lipinski definition) is 3. The van der Waals surface area contributed by atoms with Gasteiger partial charge in [0.15, 0.2) is 0 Å². The fourth-order valence-electron chi connectivity index (χ4n) is 1.99. The fourth-order valence-corrected chi connectivity index (χ4v) is 1.99. The third kappa shape index (κ3) is 4.48. The quantitative estimate of drug-likeness (QED) is 0.306. The van der Waals surface area contributed by atoms with Gasteiger partial charge in [0.25, 0.3) is 0 Å². The molecule has 0 aromatic heterocycles. The molecular weight excluding hydrogens is 218 g/mol. The van der Waals surface area contributed by atoms with Gasteiger partial charge in [0.05, 0.1) is 19.6 Å². The molecule has 0 aliphatic heterocycles. The van der Waals surface area contributed by atoms with Crippen molar-refractivity contribution in [2.24, 2.45) is 0 Å². The number of aliphatic hydroxyl groups is 1. The Morgan fingerprint density at radius 2 is 1.94 bits per heavy atom. The second kappa shape index (κ2) is 7.45. The van der Waals surface area contributed by atoms with E-state index in [0.717, 1.165) is 26.1 Å². The van der Waals surface area contributed by atoms with E-state index in [0.29, 0.717) is 10.1 Å². The second-order valence-corrected chi connectivity index (χ2v) is 4.44. The number of carbonyl (C=O) groups is 1. The number of nitrogens with zero attached hydrogens (tertiary/aromatic N) is 1. The molecule has 0 spiro atoms. The predicted molar refractivity (Wildman–Crippen MR) is 68.3 cm³/mol. The van der Waals surface area contributed by atoms with Crippen molar-refractivity contribution in [3.05, 3.63) is 12.2 Å². The maximum Gasteiger partial charge on any atom is 0.337 e. The molecule has 0 heterocycles. The Bertz CT molecular complexity index is 259. The largest absolute Gasteiger partial charge is 0.409 e. The lowest BCUT2D eigenvalue weighted by Crippen LogP contribution is -2.56. The monoisotopic (exact) mass is 244 g/mol. The molecule has 0 radical (unpaired) electrons. The molecule has 0 saturated carbocycles. The number of carbonyl (C=O) groups excluding carboxylic acids is 1. The van der Waals surface area contributed by atoms with Crippen molar-refractivity contribution in [3.63, 3.8) is 0 Å². The highest BCUT2D eigenvalue weighted by Gasteiger charge is 2.32. The Labute approximate surface area is 104 Å². The SMILES string of the molecule is C=C(C)C(=O)OC(C)[N+](CC)(CC)CCCO. The summed E-state index contributed by atoms with van der Waals surface area (Å²) in [5, 5.41) is 8.94. The zero-order chi connectivity index (χ0) is 13.5. The van der Waals surface area contributed by atoms with Crippen LogP contribution in [0, 0.1) is 0 Å². The Hall–Kier alpha value is -0.870.